The highest BCUT2D eigenvalue weighted by molar-refractivity contribution is 7.17. The predicted molar refractivity (Wildman–Crippen MR) is 132 cm³/mol. The molecular weight excluding hydrogens is 497 g/mol. The molecule has 3 aromatic rings. The Kier molecular flexibility index (Phi) is 6.55. The van der Waals surface area contributed by atoms with Gasteiger partial charge < -0.3 is 10.4 Å². The summed E-state index contributed by atoms with van der Waals surface area (Å²) >= 11 is 7.14. The average Bonchev–Trinajstić information content (AvgIpc) is 3.44. The van der Waals surface area contributed by atoms with Crippen LogP contribution in [-0.4, -0.2) is 22.3 Å². The zero-order valence-electron chi connectivity index (χ0n) is 18.6. The van der Waals surface area contributed by atoms with Crippen LogP contribution in [0.5, 0.6) is 5.88 Å². The molecule has 0 amide bonds. The van der Waals surface area contributed by atoms with Crippen LogP contribution >= 0.6 is 22.9 Å². The molecule has 2 aromatic carbocycles. The van der Waals surface area contributed by atoms with Gasteiger partial charge in [0, 0.05) is 23.0 Å². The number of rotatable bonds is 5. The van der Waals surface area contributed by atoms with Gasteiger partial charge in [-0.25, -0.2) is 0 Å². The van der Waals surface area contributed by atoms with Crippen molar-refractivity contribution < 1.29 is 18.3 Å². The number of hydrogen-bond donors (Lipinski definition) is 2. The molecule has 0 saturated heterocycles. The van der Waals surface area contributed by atoms with E-state index in [-0.39, 0.29) is 28.9 Å². The molecule has 2 N–H and O–H groups in total. The molecule has 0 atom stereocenters. The van der Waals surface area contributed by atoms with Crippen molar-refractivity contribution in [2.24, 2.45) is 10.2 Å². The van der Waals surface area contributed by atoms with Crippen molar-refractivity contribution in [2.45, 2.75) is 50.7 Å². The van der Waals surface area contributed by atoms with Crippen molar-refractivity contribution >= 4 is 39.9 Å². The Labute approximate surface area is 208 Å². The van der Waals surface area contributed by atoms with E-state index in [1.165, 1.54) is 29.9 Å². The highest BCUT2D eigenvalue weighted by Crippen LogP contribution is 2.39. The molecule has 5 nitrogen and oxygen atoms in total. The number of alkyl halides is 3. The van der Waals surface area contributed by atoms with Crippen LogP contribution in [0.3, 0.4) is 0 Å². The molecule has 0 spiro atoms. The molecule has 1 fully saturated rings. The number of hydrogen-bond acceptors (Lipinski definition) is 6. The second kappa shape index (κ2) is 9.62. The molecule has 5 rings (SSSR count). The van der Waals surface area contributed by atoms with Gasteiger partial charge in [0.25, 0.3) is 0 Å². The van der Waals surface area contributed by atoms with Gasteiger partial charge in [0.2, 0.25) is 5.88 Å². The standard InChI is InChI=1S/C25H22ClF3N4OS/c26-17-8-6-15(20(12-17)25(27,28)29)11-19(14-7-9-21-16(10-14)13-30-33-21)22-23(34)32-24(35-22)31-18-4-2-1-3-5-18/h6-10,12-13,18,34H,1-5,11H2,(H,31,32). The maximum Gasteiger partial charge on any atom is 0.416 e. The molecule has 0 radical (unpaired) electrons. The first-order valence-electron chi connectivity index (χ1n) is 11.3. The smallest absolute Gasteiger partial charge is 0.416 e. The van der Waals surface area contributed by atoms with Crippen molar-refractivity contribution in [1.82, 2.24) is 4.98 Å². The third kappa shape index (κ3) is 5.21. The molecule has 2 aliphatic rings. The molecule has 1 aliphatic heterocycles. The van der Waals surface area contributed by atoms with Gasteiger partial charge in [-0.3, -0.25) is 0 Å². The Balaban J connectivity index is 1.62. The third-order valence-corrected chi connectivity index (χ3v) is 7.57. The van der Waals surface area contributed by atoms with E-state index < -0.39 is 11.7 Å². The fraction of sp³-hybridized carbons (Fsp3) is 0.320. The van der Waals surface area contributed by atoms with Crippen LogP contribution in [-0.2, 0) is 12.6 Å². The molecule has 0 unspecified atom stereocenters. The third-order valence-electron chi connectivity index (χ3n) is 6.30. The Bertz CT molecular complexity index is 1410. The molecule has 1 saturated carbocycles. The Morgan fingerprint density at radius 3 is 2.69 bits per heavy atom. The summed E-state index contributed by atoms with van der Waals surface area (Å²) in [6, 6.07) is 9.41. The summed E-state index contributed by atoms with van der Waals surface area (Å²) in [6.07, 6.45) is 2.49. The van der Waals surface area contributed by atoms with Gasteiger partial charge in [-0.05, 0) is 53.5 Å². The van der Waals surface area contributed by atoms with Crippen LogP contribution in [0.2, 0.25) is 5.02 Å². The normalized spacial score (nSPS) is 16.7. The lowest BCUT2D eigenvalue weighted by molar-refractivity contribution is -0.138. The largest absolute Gasteiger partial charge is 0.492 e. The van der Waals surface area contributed by atoms with Crippen LogP contribution in [0, 0.1) is 0 Å². The highest BCUT2D eigenvalue weighted by Gasteiger charge is 2.34. The van der Waals surface area contributed by atoms with Gasteiger partial charge >= 0.3 is 6.18 Å². The van der Waals surface area contributed by atoms with E-state index >= 15 is 0 Å². The number of nitrogens with zero attached hydrogens (tertiary/aromatic N) is 3. The molecular formula is C25H22ClF3N4OS. The van der Waals surface area contributed by atoms with Crippen molar-refractivity contribution in [3.05, 3.63) is 73.6 Å². The summed E-state index contributed by atoms with van der Waals surface area (Å²) in [6.45, 7) is 0. The van der Waals surface area contributed by atoms with Crippen molar-refractivity contribution in [3.8, 4) is 5.88 Å². The maximum atomic E-state index is 13.8. The van der Waals surface area contributed by atoms with E-state index in [0.29, 0.717) is 26.2 Å². The van der Waals surface area contributed by atoms with Crippen molar-refractivity contribution in [2.75, 3.05) is 5.32 Å². The van der Waals surface area contributed by atoms with Gasteiger partial charge in [-0.2, -0.15) is 28.4 Å². The monoisotopic (exact) mass is 518 g/mol. The molecule has 2 heterocycles. The summed E-state index contributed by atoms with van der Waals surface area (Å²) in [5.41, 5.74) is 0.555. The van der Waals surface area contributed by atoms with Crippen LogP contribution in [0.15, 0.2) is 46.6 Å². The number of aromatic hydroxyl groups is 1. The van der Waals surface area contributed by atoms with Crippen molar-refractivity contribution in [1.29, 1.82) is 0 Å². The summed E-state index contributed by atoms with van der Waals surface area (Å²) in [5, 5.41) is 24.0. The van der Waals surface area contributed by atoms with Crippen LogP contribution in [0.1, 0.15) is 53.7 Å². The number of thiazole rings is 1. The molecule has 182 valence electrons. The van der Waals surface area contributed by atoms with E-state index in [4.69, 9.17) is 11.6 Å². The minimum Gasteiger partial charge on any atom is -0.492 e. The minimum atomic E-state index is -4.57. The van der Waals surface area contributed by atoms with E-state index in [9.17, 15) is 18.3 Å². The molecule has 0 bridgehead atoms. The van der Waals surface area contributed by atoms with Crippen LogP contribution < -0.4 is 15.9 Å². The number of anilines is 1. The zero-order chi connectivity index (χ0) is 24.6. The number of halogens is 4. The number of nitrogens with one attached hydrogen (secondary N) is 1. The topological polar surface area (TPSA) is 69.9 Å². The average molecular weight is 519 g/mol. The van der Waals surface area contributed by atoms with E-state index in [0.717, 1.165) is 37.3 Å². The van der Waals surface area contributed by atoms with Gasteiger partial charge in [0.05, 0.1) is 22.0 Å². The van der Waals surface area contributed by atoms with Crippen molar-refractivity contribution in [3.63, 3.8) is 0 Å². The lowest BCUT2D eigenvalue weighted by Crippen LogP contribution is -2.21. The highest BCUT2D eigenvalue weighted by atomic mass is 35.5. The first kappa shape index (κ1) is 23.8. The maximum absolute atomic E-state index is 13.8. The molecule has 10 heteroatoms. The number of aromatic nitrogens is 1. The SMILES string of the molecule is Oc1nc(NC2CCCCC2)sc1C(Cc1ccc(Cl)cc1C(F)(F)F)=c1ccc2c(c1)C=NN=2. The lowest BCUT2D eigenvalue weighted by Gasteiger charge is -2.22. The fourth-order valence-corrected chi connectivity index (χ4v) is 5.73. The van der Waals surface area contributed by atoms with Crippen LogP contribution in [0.4, 0.5) is 18.3 Å². The number of fused-ring (bicyclic) bond motifs is 1. The first-order chi connectivity index (χ1) is 16.8. The minimum absolute atomic E-state index is 0.0117. The summed E-state index contributed by atoms with van der Waals surface area (Å²) < 4.78 is 41.5. The first-order valence-corrected chi connectivity index (χ1v) is 12.5. The zero-order valence-corrected chi connectivity index (χ0v) is 20.1. The molecule has 1 aliphatic carbocycles. The summed E-state index contributed by atoms with van der Waals surface area (Å²) in [4.78, 5) is 4.73. The fourth-order valence-electron chi connectivity index (χ4n) is 4.55. The van der Waals surface area contributed by atoms with Gasteiger partial charge in [-0.15, -0.1) is 0 Å². The predicted octanol–water partition coefficient (Wildman–Crippen LogP) is 5.67. The number of benzene rings is 2. The van der Waals surface area contributed by atoms with Gasteiger partial charge in [0.1, 0.15) is 0 Å². The van der Waals surface area contributed by atoms with E-state index in [1.807, 2.05) is 6.07 Å². The van der Waals surface area contributed by atoms with Gasteiger partial charge in [0.15, 0.2) is 5.13 Å². The quantitative estimate of drug-likeness (QED) is 0.457. The second-order valence-corrected chi connectivity index (χ2v) is 10.2. The Morgan fingerprint density at radius 2 is 1.91 bits per heavy atom. The Hall–Kier alpha value is -2.91. The summed E-state index contributed by atoms with van der Waals surface area (Å²) in [5.74, 6) is -0.204. The van der Waals surface area contributed by atoms with Crippen LogP contribution in [0.25, 0.3) is 5.57 Å². The van der Waals surface area contributed by atoms with E-state index in [1.54, 1.807) is 18.3 Å². The van der Waals surface area contributed by atoms with Gasteiger partial charge in [-0.1, -0.05) is 54.3 Å². The lowest BCUT2D eigenvalue weighted by atomic mass is 9.96. The molecule has 1 aromatic heterocycles. The van der Waals surface area contributed by atoms with E-state index in [2.05, 4.69) is 20.5 Å². The molecule has 35 heavy (non-hydrogen) atoms. The summed E-state index contributed by atoms with van der Waals surface area (Å²) in [7, 11) is 0. The second-order valence-electron chi connectivity index (χ2n) is 8.72. The Morgan fingerprint density at radius 1 is 1.11 bits per heavy atom.